The van der Waals surface area contributed by atoms with Gasteiger partial charge in [0.25, 0.3) is 0 Å². The number of hydrogen-bond donors (Lipinski definition) is 0. The molecule has 0 bridgehead atoms. The molecule has 0 radical (unpaired) electrons. The summed E-state index contributed by atoms with van der Waals surface area (Å²) in [6.45, 7) is 4.19. The second kappa shape index (κ2) is 7.45. The zero-order valence-electron chi connectivity index (χ0n) is 14.4. The maximum absolute atomic E-state index is 13.2. The molecule has 2 saturated heterocycles. The molecular weight excluding hydrogens is 286 g/mol. The fourth-order valence-electron chi connectivity index (χ4n) is 3.95. The normalized spacial score (nSPS) is 23.6. The van der Waals surface area contributed by atoms with Gasteiger partial charge in [0.05, 0.1) is 6.04 Å². The van der Waals surface area contributed by atoms with Gasteiger partial charge in [-0.3, -0.25) is 14.6 Å². The average Bonchev–Trinajstić information content (AvgIpc) is 2.89. The molecule has 2 heterocycles. The summed E-state index contributed by atoms with van der Waals surface area (Å²) in [5.41, 5.74) is 1.23. The number of fused-ring (bicyclic) bond motifs is 1. The zero-order valence-corrected chi connectivity index (χ0v) is 14.4. The molecule has 2 aliphatic rings. The second-order valence-corrected chi connectivity index (χ2v) is 7.14. The first kappa shape index (κ1) is 16.5. The molecule has 0 aliphatic carbocycles. The molecule has 4 nitrogen and oxygen atoms in total. The van der Waals surface area contributed by atoms with Crippen molar-refractivity contribution < 1.29 is 4.79 Å². The van der Waals surface area contributed by atoms with Crippen molar-refractivity contribution in [1.29, 1.82) is 0 Å². The van der Waals surface area contributed by atoms with Gasteiger partial charge in [0.1, 0.15) is 0 Å². The molecule has 0 N–H and O–H groups in total. The molecule has 0 spiro atoms. The van der Waals surface area contributed by atoms with Crippen LogP contribution in [-0.2, 0) is 11.2 Å². The predicted molar refractivity (Wildman–Crippen MR) is 93.4 cm³/mol. The lowest BCUT2D eigenvalue weighted by molar-refractivity contribution is -0.136. The Morgan fingerprint density at radius 1 is 1.17 bits per heavy atom. The van der Waals surface area contributed by atoms with E-state index in [4.69, 9.17) is 0 Å². The third-order valence-electron chi connectivity index (χ3n) is 5.30. The van der Waals surface area contributed by atoms with Crippen LogP contribution in [0.25, 0.3) is 0 Å². The van der Waals surface area contributed by atoms with Gasteiger partial charge < -0.3 is 4.90 Å². The van der Waals surface area contributed by atoms with Crippen molar-refractivity contribution in [3.05, 3.63) is 35.9 Å². The van der Waals surface area contributed by atoms with E-state index in [1.165, 1.54) is 24.9 Å². The van der Waals surface area contributed by atoms with Crippen molar-refractivity contribution in [3.63, 3.8) is 0 Å². The van der Waals surface area contributed by atoms with Crippen LogP contribution in [0.4, 0.5) is 0 Å². The molecule has 2 aliphatic heterocycles. The van der Waals surface area contributed by atoms with E-state index in [0.29, 0.717) is 11.9 Å². The van der Waals surface area contributed by atoms with E-state index >= 15 is 0 Å². The molecule has 3 rings (SSSR count). The summed E-state index contributed by atoms with van der Waals surface area (Å²) in [6, 6.07) is 10.9. The summed E-state index contributed by atoms with van der Waals surface area (Å²) in [5, 5.41) is 0. The Morgan fingerprint density at radius 3 is 2.65 bits per heavy atom. The highest BCUT2D eigenvalue weighted by molar-refractivity contribution is 5.82. The molecule has 0 aromatic heterocycles. The van der Waals surface area contributed by atoms with Crippen molar-refractivity contribution in [1.82, 2.24) is 14.7 Å². The minimum Gasteiger partial charge on any atom is -0.340 e. The number of carbonyl (C=O) groups excluding carboxylic acids is 1. The first-order chi connectivity index (χ1) is 11.1. The smallest absolute Gasteiger partial charge is 0.240 e. The topological polar surface area (TPSA) is 26.8 Å². The number of hydrogen-bond acceptors (Lipinski definition) is 3. The Hall–Kier alpha value is -1.39. The highest BCUT2D eigenvalue weighted by atomic mass is 16.2. The maximum atomic E-state index is 13.2. The maximum Gasteiger partial charge on any atom is 0.240 e. The van der Waals surface area contributed by atoms with Crippen LogP contribution in [0.1, 0.15) is 24.8 Å². The SMILES string of the molecule is CN(C)[C@@H](Cc1ccccc1)C(=O)N1CCCN2CCC[C@@H]2C1. The van der Waals surface area contributed by atoms with Gasteiger partial charge in [-0.05, 0) is 51.9 Å². The molecule has 2 atom stereocenters. The number of benzene rings is 1. The molecule has 23 heavy (non-hydrogen) atoms. The van der Waals surface area contributed by atoms with Gasteiger partial charge in [-0.25, -0.2) is 0 Å². The van der Waals surface area contributed by atoms with Gasteiger partial charge >= 0.3 is 0 Å². The number of carbonyl (C=O) groups is 1. The monoisotopic (exact) mass is 315 g/mol. The summed E-state index contributed by atoms with van der Waals surface area (Å²) in [4.78, 5) is 19.9. The van der Waals surface area contributed by atoms with E-state index in [0.717, 1.165) is 32.5 Å². The minimum atomic E-state index is -0.0645. The van der Waals surface area contributed by atoms with Crippen LogP contribution in [0.3, 0.4) is 0 Å². The summed E-state index contributed by atoms with van der Waals surface area (Å²) >= 11 is 0. The van der Waals surface area contributed by atoms with E-state index in [1.54, 1.807) is 0 Å². The Bertz CT molecular complexity index is 517. The Kier molecular flexibility index (Phi) is 5.34. The molecule has 1 aromatic carbocycles. The molecule has 0 unspecified atom stereocenters. The first-order valence-electron chi connectivity index (χ1n) is 8.88. The van der Waals surface area contributed by atoms with Crippen molar-refractivity contribution in [2.24, 2.45) is 0 Å². The van der Waals surface area contributed by atoms with Crippen LogP contribution in [0, 0.1) is 0 Å². The van der Waals surface area contributed by atoms with E-state index in [-0.39, 0.29) is 6.04 Å². The van der Waals surface area contributed by atoms with Crippen LogP contribution >= 0.6 is 0 Å². The number of likely N-dealkylation sites (N-methyl/N-ethyl adjacent to an activating group) is 1. The van der Waals surface area contributed by atoms with E-state index < -0.39 is 0 Å². The average molecular weight is 315 g/mol. The third-order valence-corrected chi connectivity index (χ3v) is 5.30. The van der Waals surface area contributed by atoms with Crippen LogP contribution < -0.4 is 0 Å². The first-order valence-corrected chi connectivity index (χ1v) is 8.88. The molecule has 2 fully saturated rings. The zero-order chi connectivity index (χ0) is 16.2. The second-order valence-electron chi connectivity index (χ2n) is 7.14. The largest absolute Gasteiger partial charge is 0.340 e. The van der Waals surface area contributed by atoms with Crippen LogP contribution in [0.5, 0.6) is 0 Å². The highest BCUT2D eigenvalue weighted by Crippen LogP contribution is 2.22. The number of rotatable bonds is 4. The number of amides is 1. The molecule has 0 saturated carbocycles. The number of nitrogens with zero attached hydrogens (tertiary/aromatic N) is 3. The van der Waals surface area contributed by atoms with E-state index in [1.807, 2.05) is 20.2 Å². The van der Waals surface area contributed by atoms with Crippen LogP contribution in [0.15, 0.2) is 30.3 Å². The molecule has 1 amide bonds. The third kappa shape index (κ3) is 3.93. The highest BCUT2D eigenvalue weighted by Gasteiger charge is 2.33. The van der Waals surface area contributed by atoms with Gasteiger partial charge in [-0.15, -0.1) is 0 Å². The molecule has 1 aromatic rings. The van der Waals surface area contributed by atoms with Crippen LogP contribution in [0.2, 0.25) is 0 Å². The van der Waals surface area contributed by atoms with Gasteiger partial charge in [-0.1, -0.05) is 30.3 Å². The lowest BCUT2D eigenvalue weighted by atomic mass is 10.0. The minimum absolute atomic E-state index is 0.0645. The Labute approximate surface area is 140 Å². The van der Waals surface area contributed by atoms with E-state index in [9.17, 15) is 4.79 Å². The van der Waals surface area contributed by atoms with Crippen molar-refractivity contribution in [3.8, 4) is 0 Å². The van der Waals surface area contributed by atoms with Gasteiger partial charge in [-0.2, -0.15) is 0 Å². The molecule has 126 valence electrons. The van der Waals surface area contributed by atoms with E-state index in [2.05, 4.69) is 39.0 Å². The summed E-state index contributed by atoms with van der Waals surface area (Å²) in [5.74, 6) is 0.299. The fourth-order valence-corrected chi connectivity index (χ4v) is 3.95. The van der Waals surface area contributed by atoms with Gasteiger partial charge in [0.15, 0.2) is 0 Å². The van der Waals surface area contributed by atoms with Crippen molar-refractivity contribution in [2.45, 2.75) is 37.8 Å². The van der Waals surface area contributed by atoms with Gasteiger partial charge in [0, 0.05) is 25.7 Å². The lowest BCUT2D eigenvalue weighted by Crippen LogP contribution is -2.49. The molecule has 4 heteroatoms. The summed E-state index contributed by atoms with van der Waals surface area (Å²) < 4.78 is 0. The summed E-state index contributed by atoms with van der Waals surface area (Å²) in [6.07, 6.45) is 4.42. The van der Waals surface area contributed by atoms with Gasteiger partial charge in [0.2, 0.25) is 5.91 Å². The fraction of sp³-hybridized carbons (Fsp3) is 0.632. The van der Waals surface area contributed by atoms with Crippen LogP contribution in [-0.4, -0.2) is 73.0 Å². The molecular formula is C19H29N3O. The Morgan fingerprint density at radius 2 is 1.91 bits per heavy atom. The van der Waals surface area contributed by atoms with Crippen molar-refractivity contribution >= 4 is 5.91 Å². The lowest BCUT2D eigenvalue weighted by Gasteiger charge is -2.32. The quantitative estimate of drug-likeness (QED) is 0.848. The summed E-state index contributed by atoms with van der Waals surface area (Å²) in [7, 11) is 4.04. The van der Waals surface area contributed by atoms with Crippen molar-refractivity contribution in [2.75, 3.05) is 40.3 Å². The standard InChI is InChI=1S/C19H29N3O/c1-20(2)18(14-16-8-4-3-5-9-16)19(23)22-13-7-12-21-11-6-10-17(21)15-22/h3-5,8-9,17-18H,6-7,10-15H2,1-2H3/t17-,18+/m1/s1. The Balaban J connectivity index is 1.70. The predicted octanol–water partition coefficient (Wildman–Crippen LogP) is 1.86.